The maximum absolute atomic E-state index is 11.7. The number of rotatable bonds is 5. The van der Waals surface area contributed by atoms with Crippen LogP contribution in [-0.4, -0.2) is 31.3 Å². The molecule has 90 valence electrons. The molecule has 0 amide bonds. The molecule has 2 heterocycles. The summed E-state index contributed by atoms with van der Waals surface area (Å²) in [5.74, 6) is -0.330. The average molecular weight is 251 g/mol. The fourth-order valence-electron chi connectivity index (χ4n) is 1.41. The molecule has 0 bridgehead atoms. The summed E-state index contributed by atoms with van der Waals surface area (Å²) >= 11 is 1.56. The second-order valence-electron chi connectivity index (χ2n) is 3.51. The molecule has 0 spiro atoms. The van der Waals surface area contributed by atoms with Crippen molar-refractivity contribution in [2.24, 2.45) is 0 Å². The number of methoxy groups -OCH3 is 1. The minimum atomic E-state index is -0.330. The fraction of sp³-hybridized carbons (Fsp3) is 0.333. The normalized spacial score (nSPS) is 10.6. The number of fused-ring (bicyclic) bond motifs is 1. The molecule has 0 saturated heterocycles. The van der Waals surface area contributed by atoms with Crippen LogP contribution in [0.4, 0.5) is 0 Å². The molecule has 0 aromatic carbocycles. The Kier molecular flexibility index (Phi) is 4.06. The zero-order chi connectivity index (χ0) is 12.1. The minimum absolute atomic E-state index is 0.330. The van der Waals surface area contributed by atoms with E-state index in [4.69, 9.17) is 9.47 Å². The highest BCUT2D eigenvalue weighted by molar-refractivity contribution is 7.17. The van der Waals surface area contributed by atoms with Crippen LogP contribution in [0.15, 0.2) is 23.7 Å². The third-order valence-corrected chi connectivity index (χ3v) is 3.12. The maximum Gasteiger partial charge on any atom is 0.339 e. The Morgan fingerprint density at radius 1 is 1.47 bits per heavy atom. The van der Waals surface area contributed by atoms with Gasteiger partial charge in [0, 0.05) is 26.3 Å². The van der Waals surface area contributed by atoms with Gasteiger partial charge in [0.1, 0.15) is 0 Å². The predicted molar refractivity (Wildman–Crippen MR) is 66.4 cm³/mol. The Morgan fingerprint density at radius 3 is 3.18 bits per heavy atom. The van der Waals surface area contributed by atoms with E-state index in [0.717, 1.165) is 10.2 Å². The van der Waals surface area contributed by atoms with E-state index in [1.54, 1.807) is 24.6 Å². The Hall–Kier alpha value is -1.46. The Labute approximate surface area is 103 Å². The van der Waals surface area contributed by atoms with Gasteiger partial charge >= 0.3 is 5.97 Å². The van der Waals surface area contributed by atoms with Crippen LogP contribution < -0.4 is 0 Å². The molecule has 2 aromatic heterocycles. The van der Waals surface area contributed by atoms with Gasteiger partial charge in [-0.2, -0.15) is 0 Å². The van der Waals surface area contributed by atoms with Crippen LogP contribution in [0.1, 0.15) is 16.8 Å². The first-order chi connectivity index (χ1) is 8.31. The van der Waals surface area contributed by atoms with Gasteiger partial charge in [-0.3, -0.25) is 4.98 Å². The Balaban J connectivity index is 1.98. The van der Waals surface area contributed by atoms with Gasteiger partial charge in [-0.05, 0) is 17.5 Å². The molecule has 0 aliphatic heterocycles. The molecular weight excluding hydrogens is 238 g/mol. The van der Waals surface area contributed by atoms with Crippen molar-refractivity contribution < 1.29 is 14.3 Å². The van der Waals surface area contributed by atoms with Crippen molar-refractivity contribution in [2.45, 2.75) is 6.42 Å². The number of thiophene rings is 1. The average Bonchev–Trinajstić information content (AvgIpc) is 2.81. The van der Waals surface area contributed by atoms with E-state index < -0.39 is 0 Å². The zero-order valence-corrected chi connectivity index (χ0v) is 10.3. The van der Waals surface area contributed by atoms with E-state index in [0.29, 0.717) is 25.2 Å². The van der Waals surface area contributed by atoms with Crippen molar-refractivity contribution in [3.05, 3.63) is 29.3 Å². The van der Waals surface area contributed by atoms with Crippen LogP contribution >= 0.6 is 11.3 Å². The van der Waals surface area contributed by atoms with Crippen LogP contribution in [0.2, 0.25) is 0 Å². The lowest BCUT2D eigenvalue weighted by atomic mass is 10.3. The van der Waals surface area contributed by atoms with Crippen LogP contribution in [0.25, 0.3) is 10.2 Å². The summed E-state index contributed by atoms with van der Waals surface area (Å²) in [6, 6.07) is 3.74. The summed E-state index contributed by atoms with van der Waals surface area (Å²) in [4.78, 5) is 15.9. The summed E-state index contributed by atoms with van der Waals surface area (Å²) < 4.78 is 11.0. The minimum Gasteiger partial charge on any atom is -0.462 e. The number of esters is 1. The Bertz CT molecular complexity index is 509. The van der Waals surface area contributed by atoms with E-state index in [1.807, 2.05) is 17.5 Å². The van der Waals surface area contributed by atoms with Gasteiger partial charge in [0.2, 0.25) is 0 Å². The van der Waals surface area contributed by atoms with Crippen molar-refractivity contribution >= 4 is 27.5 Å². The van der Waals surface area contributed by atoms with Crippen molar-refractivity contribution in [2.75, 3.05) is 20.3 Å². The molecule has 0 aliphatic carbocycles. The number of aromatic nitrogens is 1. The smallest absolute Gasteiger partial charge is 0.339 e. The van der Waals surface area contributed by atoms with Crippen LogP contribution in [0.3, 0.4) is 0 Å². The first kappa shape index (κ1) is 12.0. The maximum atomic E-state index is 11.7. The first-order valence-corrected chi connectivity index (χ1v) is 6.18. The molecule has 17 heavy (non-hydrogen) atoms. The van der Waals surface area contributed by atoms with Gasteiger partial charge in [0.15, 0.2) is 0 Å². The standard InChI is InChI=1S/C12H13NO3S/c1-15-4-2-5-16-12(14)9-7-11-10(13-8-9)3-6-17-11/h3,6-8H,2,4-5H2,1H3. The molecule has 0 atom stereocenters. The third-order valence-electron chi connectivity index (χ3n) is 2.26. The van der Waals surface area contributed by atoms with Gasteiger partial charge < -0.3 is 9.47 Å². The molecule has 0 aliphatic rings. The quantitative estimate of drug-likeness (QED) is 0.605. The molecule has 2 rings (SSSR count). The summed E-state index contributed by atoms with van der Waals surface area (Å²) in [5, 5.41) is 1.95. The number of pyridine rings is 1. The lowest BCUT2D eigenvalue weighted by Gasteiger charge is -2.04. The van der Waals surface area contributed by atoms with E-state index in [9.17, 15) is 4.79 Å². The summed E-state index contributed by atoms with van der Waals surface area (Å²) in [6.07, 6.45) is 2.25. The lowest BCUT2D eigenvalue weighted by Crippen LogP contribution is -2.08. The second kappa shape index (κ2) is 5.75. The van der Waals surface area contributed by atoms with E-state index in [-0.39, 0.29) is 5.97 Å². The number of ether oxygens (including phenoxy) is 2. The van der Waals surface area contributed by atoms with Crippen LogP contribution in [-0.2, 0) is 9.47 Å². The van der Waals surface area contributed by atoms with Gasteiger partial charge in [0.05, 0.1) is 22.4 Å². The summed E-state index contributed by atoms with van der Waals surface area (Å²) in [5.41, 5.74) is 1.41. The van der Waals surface area contributed by atoms with Crippen molar-refractivity contribution in [1.82, 2.24) is 4.98 Å². The topological polar surface area (TPSA) is 48.4 Å². The number of nitrogens with zero attached hydrogens (tertiary/aromatic N) is 1. The summed E-state index contributed by atoms with van der Waals surface area (Å²) in [7, 11) is 1.62. The molecule has 5 heteroatoms. The molecule has 0 N–H and O–H groups in total. The second-order valence-corrected chi connectivity index (χ2v) is 4.46. The van der Waals surface area contributed by atoms with E-state index in [2.05, 4.69) is 4.98 Å². The third kappa shape index (κ3) is 3.01. The number of carbonyl (C=O) groups is 1. The van der Waals surface area contributed by atoms with Crippen molar-refractivity contribution in [1.29, 1.82) is 0 Å². The highest BCUT2D eigenvalue weighted by Crippen LogP contribution is 2.19. The SMILES string of the molecule is COCCCOC(=O)c1cnc2ccsc2c1. The lowest BCUT2D eigenvalue weighted by molar-refractivity contribution is 0.0468. The van der Waals surface area contributed by atoms with Crippen molar-refractivity contribution in [3.63, 3.8) is 0 Å². The molecular formula is C12H13NO3S. The molecule has 4 nitrogen and oxygen atoms in total. The van der Waals surface area contributed by atoms with E-state index >= 15 is 0 Å². The van der Waals surface area contributed by atoms with Crippen LogP contribution in [0, 0.1) is 0 Å². The highest BCUT2D eigenvalue weighted by atomic mass is 32.1. The van der Waals surface area contributed by atoms with Gasteiger partial charge in [-0.15, -0.1) is 11.3 Å². The van der Waals surface area contributed by atoms with E-state index in [1.165, 1.54) is 0 Å². The number of hydrogen-bond donors (Lipinski definition) is 0. The van der Waals surface area contributed by atoms with Gasteiger partial charge in [-0.25, -0.2) is 4.79 Å². The fourth-order valence-corrected chi connectivity index (χ4v) is 2.19. The monoisotopic (exact) mass is 251 g/mol. The molecule has 2 aromatic rings. The van der Waals surface area contributed by atoms with Crippen molar-refractivity contribution in [3.8, 4) is 0 Å². The number of carbonyl (C=O) groups excluding carboxylic acids is 1. The summed E-state index contributed by atoms with van der Waals surface area (Å²) in [6.45, 7) is 0.963. The molecule has 0 unspecified atom stereocenters. The number of hydrogen-bond acceptors (Lipinski definition) is 5. The Morgan fingerprint density at radius 2 is 2.35 bits per heavy atom. The van der Waals surface area contributed by atoms with Gasteiger partial charge in [-0.1, -0.05) is 0 Å². The molecule has 0 saturated carbocycles. The zero-order valence-electron chi connectivity index (χ0n) is 9.51. The largest absolute Gasteiger partial charge is 0.462 e. The predicted octanol–water partition coefficient (Wildman–Crippen LogP) is 2.49. The van der Waals surface area contributed by atoms with Crippen LogP contribution in [0.5, 0.6) is 0 Å². The molecule has 0 radical (unpaired) electrons. The van der Waals surface area contributed by atoms with Gasteiger partial charge in [0.25, 0.3) is 0 Å². The first-order valence-electron chi connectivity index (χ1n) is 5.30. The molecule has 0 fully saturated rings. The highest BCUT2D eigenvalue weighted by Gasteiger charge is 2.08.